The molecule has 0 amide bonds. The lowest BCUT2D eigenvalue weighted by Gasteiger charge is -2.43. The molecule has 4 rings (SSSR count). The van der Waals surface area contributed by atoms with Crippen molar-refractivity contribution in [3.05, 3.63) is 52.0 Å². The van der Waals surface area contributed by atoms with Crippen LogP contribution < -0.4 is 20.2 Å². The maximum Gasteiger partial charge on any atom is 0.155 e. The van der Waals surface area contributed by atoms with Gasteiger partial charge in [0.1, 0.15) is 11.0 Å². The van der Waals surface area contributed by atoms with Crippen LogP contribution in [-0.4, -0.2) is 12.1 Å². The Morgan fingerprint density at radius 3 is 2.57 bits per heavy atom. The van der Waals surface area contributed by atoms with Gasteiger partial charge in [0.05, 0.1) is 5.54 Å². The first-order chi connectivity index (χ1) is 13.3. The van der Waals surface area contributed by atoms with E-state index in [4.69, 9.17) is 9.73 Å². The van der Waals surface area contributed by atoms with Gasteiger partial charge in [0, 0.05) is 23.9 Å². The van der Waals surface area contributed by atoms with E-state index in [2.05, 4.69) is 82.9 Å². The van der Waals surface area contributed by atoms with Gasteiger partial charge in [0.2, 0.25) is 0 Å². The van der Waals surface area contributed by atoms with Crippen molar-refractivity contribution in [1.29, 1.82) is 0 Å². The molecule has 0 unspecified atom stereocenters. The van der Waals surface area contributed by atoms with E-state index in [1.54, 1.807) is 0 Å². The van der Waals surface area contributed by atoms with Crippen molar-refractivity contribution in [3.63, 3.8) is 0 Å². The lowest BCUT2D eigenvalue weighted by molar-refractivity contribution is 0.468. The average Bonchev–Trinajstić information content (AvgIpc) is 2.63. The summed E-state index contributed by atoms with van der Waals surface area (Å²) in [5.74, 6) is 1.70. The highest BCUT2D eigenvalue weighted by molar-refractivity contribution is 5.85. The van der Waals surface area contributed by atoms with Crippen LogP contribution in [0.15, 0.2) is 35.3 Å². The molecule has 2 aliphatic rings. The van der Waals surface area contributed by atoms with Crippen molar-refractivity contribution in [2.45, 2.75) is 59.9 Å². The molecule has 0 atom stereocenters. The zero-order valence-corrected chi connectivity index (χ0v) is 17.9. The molecule has 0 fully saturated rings. The zero-order valence-electron chi connectivity index (χ0n) is 17.9. The molecule has 2 aromatic carbocycles. The molecule has 3 heteroatoms. The summed E-state index contributed by atoms with van der Waals surface area (Å²) in [5, 5.41) is 2.16. The van der Waals surface area contributed by atoms with Gasteiger partial charge in [-0.15, -0.1) is 0 Å². The maximum atomic E-state index is 6.36. The topological polar surface area (TPSA) is 24.8 Å². The first-order valence-corrected chi connectivity index (χ1v) is 10.4. The maximum absolute atomic E-state index is 6.36. The number of nitrogens with zero attached hydrogens (tertiary/aromatic N) is 2. The Kier molecular flexibility index (Phi) is 4.57. The van der Waals surface area contributed by atoms with Gasteiger partial charge in [-0.05, 0) is 75.6 Å². The molecule has 0 spiro atoms. The molecule has 0 bridgehead atoms. The van der Waals surface area contributed by atoms with E-state index in [0.29, 0.717) is 0 Å². The number of likely N-dealkylation sites (N-methyl/N-ethyl adjacent to an activating group) is 1. The molecule has 0 radical (unpaired) electrons. The normalized spacial score (nSPS) is 17.1. The summed E-state index contributed by atoms with van der Waals surface area (Å²) in [4.78, 5) is 7.37. The Morgan fingerprint density at radius 2 is 1.86 bits per heavy atom. The summed E-state index contributed by atoms with van der Waals surface area (Å²) < 4.78 is 6.36. The van der Waals surface area contributed by atoms with Crippen LogP contribution in [0.3, 0.4) is 0 Å². The van der Waals surface area contributed by atoms with Crippen molar-refractivity contribution in [2.24, 2.45) is 4.99 Å². The third-order valence-corrected chi connectivity index (χ3v) is 5.84. The fraction of sp³-hybridized carbons (Fsp3) is 0.400. The second-order valence-corrected chi connectivity index (χ2v) is 8.45. The molecular weight excluding hydrogens is 344 g/mol. The Labute approximate surface area is 168 Å². The minimum absolute atomic E-state index is 0.0107. The number of aryl methyl sites for hydroxylation is 1. The minimum atomic E-state index is -0.0107. The molecule has 2 aromatic rings. The van der Waals surface area contributed by atoms with Crippen molar-refractivity contribution in [1.82, 2.24) is 0 Å². The predicted molar refractivity (Wildman–Crippen MR) is 118 cm³/mol. The molecule has 146 valence electrons. The summed E-state index contributed by atoms with van der Waals surface area (Å²) in [6.07, 6.45) is 6.86. The third kappa shape index (κ3) is 3.03. The molecule has 2 heterocycles. The summed E-state index contributed by atoms with van der Waals surface area (Å²) >= 11 is 0. The summed E-state index contributed by atoms with van der Waals surface area (Å²) in [7, 11) is 0. The molecule has 3 nitrogen and oxygen atoms in total. The monoisotopic (exact) mass is 374 g/mol. The summed E-state index contributed by atoms with van der Waals surface area (Å²) in [6.45, 7) is 14.2. The smallest absolute Gasteiger partial charge is 0.155 e. The Morgan fingerprint density at radius 1 is 1.07 bits per heavy atom. The van der Waals surface area contributed by atoms with Crippen molar-refractivity contribution < 1.29 is 4.74 Å². The molecule has 0 aromatic heterocycles. The van der Waals surface area contributed by atoms with E-state index < -0.39 is 0 Å². The number of benzene rings is 2. The SMILES string of the molecule is CCC/C=c1/cc2c(cc1C)=Nc1cc3c(cc1O2)N(CC)C(C)(C)C=C3C. The first-order valence-electron chi connectivity index (χ1n) is 10.4. The third-order valence-electron chi connectivity index (χ3n) is 5.84. The highest BCUT2D eigenvalue weighted by Gasteiger charge is 2.31. The number of rotatable bonds is 3. The van der Waals surface area contributed by atoms with Gasteiger partial charge in [0.25, 0.3) is 0 Å². The van der Waals surface area contributed by atoms with Crippen molar-refractivity contribution >= 4 is 23.0 Å². The van der Waals surface area contributed by atoms with Crippen LogP contribution in [0.2, 0.25) is 0 Å². The molecule has 0 saturated carbocycles. The fourth-order valence-electron chi connectivity index (χ4n) is 4.47. The van der Waals surface area contributed by atoms with E-state index in [9.17, 15) is 0 Å². The largest absolute Gasteiger partial charge is 0.453 e. The number of ether oxygens (including phenoxy) is 1. The molecule has 28 heavy (non-hydrogen) atoms. The van der Waals surface area contributed by atoms with Crippen LogP contribution >= 0.6 is 0 Å². The number of anilines is 1. The van der Waals surface area contributed by atoms with Gasteiger partial charge < -0.3 is 9.64 Å². The second-order valence-electron chi connectivity index (χ2n) is 8.45. The van der Waals surface area contributed by atoms with Gasteiger partial charge >= 0.3 is 0 Å². The van der Waals surface area contributed by atoms with E-state index in [1.165, 1.54) is 27.6 Å². The molecule has 0 aliphatic carbocycles. The lowest BCUT2D eigenvalue weighted by Crippen LogP contribution is -2.44. The number of hydrogen-bond acceptors (Lipinski definition) is 3. The lowest BCUT2D eigenvalue weighted by atomic mass is 9.88. The van der Waals surface area contributed by atoms with Gasteiger partial charge in [-0.1, -0.05) is 25.5 Å². The van der Waals surface area contributed by atoms with Crippen LogP contribution in [0.1, 0.15) is 58.6 Å². The highest BCUT2D eigenvalue weighted by atomic mass is 16.5. The van der Waals surface area contributed by atoms with Gasteiger partial charge in [-0.2, -0.15) is 0 Å². The first kappa shape index (κ1) is 18.8. The average molecular weight is 375 g/mol. The molecular formula is C25H30N2O. The van der Waals surface area contributed by atoms with Gasteiger partial charge in [0.15, 0.2) is 11.5 Å². The van der Waals surface area contributed by atoms with E-state index >= 15 is 0 Å². The highest BCUT2D eigenvalue weighted by Crippen LogP contribution is 2.46. The van der Waals surface area contributed by atoms with Crippen LogP contribution in [0.5, 0.6) is 11.5 Å². The van der Waals surface area contributed by atoms with Crippen LogP contribution in [0.4, 0.5) is 11.4 Å². The van der Waals surface area contributed by atoms with Crippen LogP contribution in [0, 0.1) is 6.92 Å². The fourth-order valence-corrected chi connectivity index (χ4v) is 4.47. The molecule has 0 N–H and O–H groups in total. The van der Waals surface area contributed by atoms with E-state index in [0.717, 1.165) is 41.9 Å². The Bertz CT molecular complexity index is 1090. The van der Waals surface area contributed by atoms with E-state index in [-0.39, 0.29) is 5.54 Å². The van der Waals surface area contributed by atoms with Crippen molar-refractivity contribution in [2.75, 3.05) is 11.4 Å². The predicted octanol–water partition coefficient (Wildman–Crippen LogP) is 5.65. The quantitative estimate of drug-likeness (QED) is 0.591. The number of hydrogen-bond donors (Lipinski definition) is 0. The second kappa shape index (κ2) is 6.80. The molecule has 2 aliphatic heterocycles. The van der Waals surface area contributed by atoms with Crippen LogP contribution in [-0.2, 0) is 0 Å². The Balaban J connectivity index is 1.88. The summed E-state index contributed by atoms with van der Waals surface area (Å²) in [5.41, 5.74) is 5.93. The minimum Gasteiger partial charge on any atom is -0.453 e. The number of allylic oxidation sites excluding steroid dienone is 1. The summed E-state index contributed by atoms with van der Waals surface area (Å²) in [6, 6.07) is 8.64. The van der Waals surface area contributed by atoms with Gasteiger partial charge in [-0.25, -0.2) is 4.99 Å². The number of fused-ring (bicyclic) bond motifs is 3. The zero-order chi connectivity index (χ0) is 20.1. The molecule has 0 saturated heterocycles. The van der Waals surface area contributed by atoms with E-state index in [1.807, 2.05) is 0 Å². The van der Waals surface area contributed by atoms with Crippen molar-refractivity contribution in [3.8, 4) is 11.5 Å². The number of unbranched alkanes of at least 4 members (excludes halogenated alkanes) is 1. The van der Waals surface area contributed by atoms with Gasteiger partial charge in [-0.3, -0.25) is 0 Å². The Hall–Kier alpha value is -2.55. The van der Waals surface area contributed by atoms with Crippen LogP contribution in [0.25, 0.3) is 11.6 Å². The standard InChI is InChI=1S/C25H30N2O/c1-7-9-10-18-12-23-20(11-16(18)3)26-21-13-19-17(4)15-25(5,6)27(8-2)22(19)14-24(21)28-23/h10-15H,7-9H2,1-6H3/b18-10-.